The smallest absolute Gasteiger partial charge is 0.238 e. The highest BCUT2D eigenvalue weighted by Crippen LogP contribution is 2.51. The number of hydrogen-bond donors (Lipinski definition) is 0. The molecule has 0 saturated carbocycles. The molecule has 5 heteroatoms. The number of aromatic nitrogens is 5. The van der Waals surface area contributed by atoms with Crippen LogP contribution in [0.2, 0.25) is 0 Å². The minimum atomic E-state index is 0.575. The predicted octanol–water partition coefficient (Wildman–Crippen LogP) is 16.2. The SMILES string of the molecule is c1ccc(-n2c3ccc(-c4ccc5c(c4)c4ccccc4n5-c4nc(-c5ccc6ccccc6c5)nc(-c5ccc6ccccc6c5)n4)cc3c3c4cccc5c4c(cc32)-c2ccccc2-5)cc1. The van der Waals surface area contributed by atoms with E-state index in [-0.39, 0.29) is 0 Å². The molecule has 68 heavy (non-hydrogen) atoms. The summed E-state index contributed by atoms with van der Waals surface area (Å²) in [6.45, 7) is 0. The quantitative estimate of drug-likeness (QED) is 0.173. The second-order valence-corrected chi connectivity index (χ2v) is 18.0. The molecule has 0 saturated heterocycles. The van der Waals surface area contributed by atoms with E-state index in [9.17, 15) is 0 Å². The normalized spacial score (nSPS) is 12.1. The van der Waals surface area contributed by atoms with E-state index < -0.39 is 0 Å². The zero-order valence-electron chi connectivity index (χ0n) is 36.6. The van der Waals surface area contributed by atoms with Crippen LogP contribution >= 0.6 is 0 Å². The summed E-state index contributed by atoms with van der Waals surface area (Å²) in [6.07, 6.45) is 0. The van der Waals surface area contributed by atoms with Gasteiger partial charge >= 0.3 is 0 Å². The van der Waals surface area contributed by atoms with Crippen molar-refractivity contribution >= 4 is 75.9 Å². The molecule has 314 valence electrons. The Morgan fingerprint density at radius 1 is 0.265 bits per heavy atom. The fourth-order valence-electron chi connectivity index (χ4n) is 11.2. The van der Waals surface area contributed by atoms with Gasteiger partial charge in [0, 0.05) is 38.4 Å². The van der Waals surface area contributed by atoms with E-state index >= 15 is 0 Å². The molecular weight excluding hydrogens is 827 g/mol. The standard InChI is InChI=1S/C63H37N5/c1-2-17-46(18-3-1)67-57-32-30-43(36-54(57)60-51-23-12-22-50-47-19-8-9-20-48(47)53(59(50)51)37-58(60)67)42-29-31-56-52(35-42)49-21-10-11-24-55(49)68(56)63-65-61(44-27-25-38-13-4-6-15-40(38)33-44)64-62(66-63)45-28-26-39-14-5-7-16-41(39)34-45/h1-37H. The molecule has 1 aliphatic rings. The average Bonchev–Trinajstić information content (AvgIpc) is 4.04. The maximum atomic E-state index is 5.31. The second kappa shape index (κ2) is 14.2. The van der Waals surface area contributed by atoms with Crippen molar-refractivity contribution in [3.8, 4) is 67.8 Å². The Bertz CT molecular complexity index is 4350. The molecule has 3 heterocycles. The molecule has 5 nitrogen and oxygen atoms in total. The predicted molar refractivity (Wildman–Crippen MR) is 282 cm³/mol. The largest absolute Gasteiger partial charge is 0.309 e. The molecule has 0 atom stereocenters. The second-order valence-electron chi connectivity index (χ2n) is 18.0. The third-order valence-electron chi connectivity index (χ3n) is 14.3. The van der Waals surface area contributed by atoms with Crippen LogP contribution in [0.5, 0.6) is 0 Å². The Morgan fingerprint density at radius 2 is 0.794 bits per heavy atom. The summed E-state index contributed by atoms with van der Waals surface area (Å²) in [5.74, 6) is 1.83. The molecule has 15 rings (SSSR count). The van der Waals surface area contributed by atoms with Crippen LogP contribution in [0.25, 0.3) is 144 Å². The number of benzene rings is 11. The maximum absolute atomic E-state index is 5.31. The van der Waals surface area contributed by atoms with Gasteiger partial charge in [-0.15, -0.1) is 0 Å². The molecule has 0 amide bonds. The first-order chi connectivity index (χ1) is 33.7. The van der Waals surface area contributed by atoms with Gasteiger partial charge in [-0.25, -0.2) is 4.98 Å². The van der Waals surface area contributed by atoms with E-state index in [1.54, 1.807) is 0 Å². The van der Waals surface area contributed by atoms with Gasteiger partial charge in [0.25, 0.3) is 0 Å². The topological polar surface area (TPSA) is 48.5 Å². The van der Waals surface area contributed by atoms with Crippen LogP contribution in [-0.2, 0) is 0 Å². The lowest BCUT2D eigenvalue weighted by Gasteiger charge is -2.12. The first-order valence-electron chi connectivity index (χ1n) is 23.2. The molecule has 14 aromatic rings. The summed E-state index contributed by atoms with van der Waals surface area (Å²) in [4.78, 5) is 15.8. The van der Waals surface area contributed by atoms with Gasteiger partial charge in [-0.05, 0) is 126 Å². The minimum absolute atomic E-state index is 0.575. The number of rotatable bonds is 5. The van der Waals surface area contributed by atoms with E-state index in [1.807, 2.05) is 0 Å². The molecule has 0 spiro atoms. The van der Waals surface area contributed by atoms with Crippen molar-refractivity contribution in [2.45, 2.75) is 0 Å². The van der Waals surface area contributed by atoms with Crippen LogP contribution in [0.4, 0.5) is 0 Å². The molecule has 11 aromatic carbocycles. The van der Waals surface area contributed by atoms with Crippen LogP contribution in [-0.4, -0.2) is 24.1 Å². The van der Waals surface area contributed by atoms with Gasteiger partial charge < -0.3 is 4.57 Å². The van der Waals surface area contributed by atoms with Crippen LogP contribution in [0.15, 0.2) is 224 Å². The van der Waals surface area contributed by atoms with E-state index in [2.05, 4.69) is 234 Å². The zero-order valence-corrected chi connectivity index (χ0v) is 36.6. The van der Waals surface area contributed by atoms with Crippen LogP contribution in [0, 0.1) is 0 Å². The number of fused-ring (bicyclic) bond motifs is 12. The van der Waals surface area contributed by atoms with Crippen molar-refractivity contribution in [2.24, 2.45) is 0 Å². The highest BCUT2D eigenvalue weighted by atomic mass is 15.2. The Labute approximate surface area is 390 Å². The number of para-hydroxylation sites is 2. The van der Waals surface area contributed by atoms with Crippen molar-refractivity contribution in [1.29, 1.82) is 0 Å². The van der Waals surface area contributed by atoms with Gasteiger partial charge in [0.05, 0.1) is 22.1 Å². The summed E-state index contributed by atoms with van der Waals surface area (Å²) >= 11 is 0. The third kappa shape index (κ3) is 5.41. The fourth-order valence-corrected chi connectivity index (χ4v) is 11.2. The fraction of sp³-hybridized carbons (Fsp3) is 0. The maximum Gasteiger partial charge on any atom is 0.238 e. The van der Waals surface area contributed by atoms with Gasteiger partial charge in [0.15, 0.2) is 11.6 Å². The highest BCUT2D eigenvalue weighted by Gasteiger charge is 2.26. The van der Waals surface area contributed by atoms with E-state index in [4.69, 9.17) is 15.0 Å². The molecule has 0 aliphatic heterocycles. The van der Waals surface area contributed by atoms with Crippen molar-refractivity contribution < 1.29 is 0 Å². The van der Waals surface area contributed by atoms with Crippen molar-refractivity contribution in [2.75, 3.05) is 0 Å². The number of nitrogens with zero attached hydrogens (tertiary/aromatic N) is 5. The zero-order chi connectivity index (χ0) is 44.5. The van der Waals surface area contributed by atoms with Crippen LogP contribution in [0.3, 0.4) is 0 Å². The van der Waals surface area contributed by atoms with E-state index in [0.29, 0.717) is 17.6 Å². The third-order valence-corrected chi connectivity index (χ3v) is 14.3. The molecule has 0 radical (unpaired) electrons. The van der Waals surface area contributed by atoms with Crippen molar-refractivity contribution in [3.63, 3.8) is 0 Å². The van der Waals surface area contributed by atoms with Gasteiger partial charge in [0.1, 0.15) is 0 Å². The van der Waals surface area contributed by atoms with Gasteiger partial charge in [-0.2, -0.15) is 9.97 Å². The van der Waals surface area contributed by atoms with Gasteiger partial charge in [-0.3, -0.25) is 4.57 Å². The van der Waals surface area contributed by atoms with E-state index in [0.717, 1.165) is 60.5 Å². The summed E-state index contributed by atoms with van der Waals surface area (Å²) < 4.78 is 4.66. The molecule has 0 unspecified atom stereocenters. The van der Waals surface area contributed by atoms with E-state index in [1.165, 1.54) is 65.6 Å². The number of hydrogen-bond acceptors (Lipinski definition) is 3. The van der Waals surface area contributed by atoms with Crippen LogP contribution in [0.1, 0.15) is 0 Å². The van der Waals surface area contributed by atoms with Crippen molar-refractivity contribution in [1.82, 2.24) is 24.1 Å². The first-order valence-corrected chi connectivity index (χ1v) is 23.2. The van der Waals surface area contributed by atoms with Gasteiger partial charge in [0.2, 0.25) is 5.95 Å². The lowest BCUT2D eigenvalue weighted by molar-refractivity contribution is 0.954. The van der Waals surface area contributed by atoms with Gasteiger partial charge in [-0.1, -0.05) is 164 Å². The average molecular weight is 864 g/mol. The highest BCUT2D eigenvalue weighted by molar-refractivity contribution is 6.29. The summed E-state index contributed by atoms with van der Waals surface area (Å²) in [6, 6.07) is 81.1. The van der Waals surface area contributed by atoms with Crippen molar-refractivity contribution in [3.05, 3.63) is 224 Å². The molecule has 3 aromatic heterocycles. The molecule has 0 N–H and O–H groups in total. The Morgan fingerprint density at radius 3 is 1.50 bits per heavy atom. The summed E-state index contributed by atoms with van der Waals surface area (Å²) in [5.41, 5.74) is 15.0. The molecule has 1 aliphatic carbocycles. The summed E-state index contributed by atoms with van der Waals surface area (Å²) in [5, 5.41) is 12.0. The molecule has 0 fully saturated rings. The lowest BCUT2D eigenvalue weighted by Crippen LogP contribution is -2.06. The monoisotopic (exact) mass is 863 g/mol. The Hall–Kier alpha value is -9.19. The first kappa shape index (κ1) is 37.1. The van der Waals surface area contributed by atoms with Crippen LogP contribution < -0.4 is 0 Å². The lowest BCUT2D eigenvalue weighted by atomic mass is 9.96. The molecule has 0 bridgehead atoms. The molecular formula is C63H37N5. The summed E-state index contributed by atoms with van der Waals surface area (Å²) in [7, 11) is 0. The Kier molecular flexibility index (Phi) is 7.72. The minimum Gasteiger partial charge on any atom is -0.309 e. The Balaban J connectivity index is 0.941.